The molecule has 1 fully saturated rings. The average molecular weight is 258 g/mol. The zero-order valence-corrected chi connectivity index (χ0v) is 13.2. The quantitative estimate of drug-likeness (QED) is 0.669. The van der Waals surface area contributed by atoms with Crippen LogP contribution in [0.4, 0.5) is 0 Å². The Morgan fingerprint density at radius 3 is 2.53 bits per heavy atom. The third kappa shape index (κ3) is 3.84. The van der Waals surface area contributed by atoms with Crippen molar-refractivity contribution in [3.8, 4) is 0 Å². The van der Waals surface area contributed by atoms with Gasteiger partial charge in [-0.15, -0.1) is 0 Å². The van der Waals surface area contributed by atoms with Crippen molar-refractivity contribution in [3.05, 3.63) is 35.4 Å². The highest BCUT2D eigenvalue weighted by molar-refractivity contribution is 5.23. The van der Waals surface area contributed by atoms with Crippen LogP contribution in [0.3, 0.4) is 0 Å². The van der Waals surface area contributed by atoms with Crippen molar-refractivity contribution < 1.29 is 0 Å². The molecule has 0 amide bonds. The molecule has 106 valence electrons. The Labute approximate surface area is 119 Å². The van der Waals surface area contributed by atoms with Gasteiger partial charge in [0.05, 0.1) is 0 Å². The number of benzene rings is 1. The molecule has 0 saturated heterocycles. The van der Waals surface area contributed by atoms with E-state index in [1.165, 1.54) is 31.2 Å². The molecule has 0 N–H and O–H groups in total. The summed E-state index contributed by atoms with van der Waals surface area (Å²) in [5, 5.41) is 0. The molecule has 19 heavy (non-hydrogen) atoms. The smallest absolute Gasteiger partial charge is 0.0250 e. The van der Waals surface area contributed by atoms with Gasteiger partial charge in [0.1, 0.15) is 0 Å². The fourth-order valence-corrected chi connectivity index (χ4v) is 4.02. The van der Waals surface area contributed by atoms with E-state index in [2.05, 4.69) is 52.0 Å². The molecule has 0 aromatic heterocycles. The second-order valence-corrected chi connectivity index (χ2v) is 6.94. The van der Waals surface area contributed by atoms with E-state index in [-0.39, 0.29) is 0 Å². The predicted molar refractivity (Wildman–Crippen MR) is 84.4 cm³/mol. The molecule has 0 radical (unpaired) electrons. The third-order valence-electron chi connectivity index (χ3n) is 5.12. The molecule has 1 aliphatic rings. The number of rotatable bonds is 4. The first-order valence-corrected chi connectivity index (χ1v) is 8.18. The summed E-state index contributed by atoms with van der Waals surface area (Å²) in [5.74, 6) is 3.64. The number of hydrogen-bond donors (Lipinski definition) is 0. The van der Waals surface area contributed by atoms with E-state index in [1.807, 2.05) is 0 Å². The fourth-order valence-electron chi connectivity index (χ4n) is 4.02. The molecule has 0 nitrogen and oxygen atoms in total. The van der Waals surface area contributed by atoms with Gasteiger partial charge in [-0.2, -0.15) is 0 Å². The lowest BCUT2D eigenvalue weighted by Gasteiger charge is -2.36. The highest BCUT2D eigenvalue weighted by Gasteiger charge is 2.29. The molecule has 0 heteroatoms. The van der Waals surface area contributed by atoms with Gasteiger partial charge in [0.2, 0.25) is 0 Å². The topological polar surface area (TPSA) is 0 Å². The first-order valence-electron chi connectivity index (χ1n) is 8.18. The number of aryl methyl sites for hydroxylation is 1. The van der Waals surface area contributed by atoms with Crippen LogP contribution >= 0.6 is 0 Å². The summed E-state index contributed by atoms with van der Waals surface area (Å²) in [6.45, 7) is 9.51. The third-order valence-corrected chi connectivity index (χ3v) is 5.12. The maximum Gasteiger partial charge on any atom is -0.0250 e. The maximum absolute atomic E-state index is 2.47. The molecule has 1 aliphatic carbocycles. The first-order chi connectivity index (χ1) is 9.10. The minimum Gasteiger partial charge on any atom is -0.0625 e. The largest absolute Gasteiger partial charge is 0.0625 e. The number of hydrogen-bond acceptors (Lipinski definition) is 0. The molecule has 3 unspecified atom stereocenters. The van der Waals surface area contributed by atoms with Crippen LogP contribution in [0.25, 0.3) is 0 Å². The van der Waals surface area contributed by atoms with Crippen molar-refractivity contribution in [3.63, 3.8) is 0 Å². The normalized spacial score (nSPS) is 27.7. The van der Waals surface area contributed by atoms with E-state index < -0.39 is 0 Å². The monoisotopic (exact) mass is 258 g/mol. The Hall–Kier alpha value is -0.780. The summed E-state index contributed by atoms with van der Waals surface area (Å²) in [7, 11) is 0. The van der Waals surface area contributed by atoms with Gasteiger partial charge >= 0.3 is 0 Å². The maximum atomic E-state index is 2.47. The van der Waals surface area contributed by atoms with Gasteiger partial charge in [-0.25, -0.2) is 0 Å². The first kappa shape index (κ1) is 14.6. The van der Waals surface area contributed by atoms with E-state index in [4.69, 9.17) is 0 Å². The van der Waals surface area contributed by atoms with Crippen molar-refractivity contribution >= 4 is 0 Å². The zero-order valence-electron chi connectivity index (χ0n) is 13.2. The van der Waals surface area contributed by atoms with Crippen molar-refractivity contribution in [1.82, 2.24) is 0 Å². The van der Waals surface area contributed by atoms with Crippen LogP contribution in [0.15, 0.2) is 24.3 Å². The highest BCUT2D eigenvalue weighted by Crippen LogP contribution is 2.39. The van der Waals surface area contributed by atoms with E-state index in [9.17, 15) is 0 Å². The Kier molecular flexibility index (Phi) is 5.07. The van der Waals surface area contributed by atoms with Crippen LogP contribution in [-0.4, -0.2) is 0 Å². The minimum absolute atomic E-state index is 0.861. The Morgan fingerprint density at radius 1 is 1.16 bits per heavy atom. The summed E-state index contributed by atoms with van der Waals surface area (Å²) in [5.41, 5.74) is 3.04. The Balaban J connectivity index is 1.94. The molecule has 0 spiro atoms. The van der Waals surface area contributed by atoms with Gasteiger partial charge in [0.25, 0.3) is 0 Å². The van der Waals surface area contributed by atoms with Crippen LogP contribution in [0.2, 0.25) is 0 Å². The van der Waals surface area contributed by atoms with E-state index in [0.717, 1.165) is 30.1 Å². The summed E-state index contributed by atoms with van der Waals surface area (Å²) in [4.78, 5) is 0. The lowest BCUT2D eigenvalue weighted by atomic mass is 9.69. The minimum atomic E-state index is 0.861. The van der Waals surface area contributed by atoms with Crippen LogP contribution < -0.4 is 0 Å². The average Bonchev–Trinajstić information content (AvgIpc) is 2.38. The van der Waals surface area contributed by atoms with Gasteiger partial charge in [-0.3, -0.25) is 0 Å². The summed E-state index contributed by atoms with van der Waals surface area (Å²) in [6.07, 6.45) is 6.76. The molecule has 2 rings (SSSR count). The van der Waals surface area contributed by atoms with Gasteiger partial charge < -0.3 is 0 Å². The molecule has 1 aromatic rings. The molecule has 0 bridgehead atoms. The lowest BCUT2D eigenvalue weighted by molar-refractivity contribution is 0.150. The standard InChI is InChI=1S/C19H30/c1-5-16-7-6-8-17(12-16)13-18-9-10-19(14(2)3)15(4)11-18/h6-8,12,14-15,18-19H,5,9-11,13H2,1-4H3. The van der Waals surface area contributed by atoms with E-state index in [0.29, 0.717) is 0 Å². The Bertz CT molecular complexity index is 391. The SMILES string of the molecule is CCc1cccc(CC2CCC(C(C)C)C(C)C2)c1. The van der Waals surface area contributed by atoms with Crippen molar-refractivity contribution in [2.75, 3.05) is 0 Å². The van der Waals surface area contributed by atoms with Gasteiger partial charge in [0.15, 0.2) is 0 Å². The fraction of sp³-hybridized carbons (Fsp3) is 0.684. The molecular formula is C19H30. The molecule has 1 saturated carbocycles. The van der Waals surface area contributed by atoms with Crippen molar-refractivity contribution in [2.45, 2.75) is 59.8 Å². The summed E-state index contributed by atoms with van der Waals surface area (Å²) in [6, 6.07) is 9.22. The van der Waals surface area contributed by atoms with Gasteiger partial charge in [-0.1, -0.05) is 52.0 Å². The molecular weight excluding hydrogens is 228 g/mol. The van der Waals surface area contributed by atoms with Gasteiger partial charge in [-0.05, 0) is 66.9 Å². The lowest BCUT2D eigenvalue weighted by Crippen LogP contribution is -2.27. The summed E-state index contributed by atoms with van der Waals surface area (Å²) >= 11 is 0. The van der Waals surface area contributed by atoms with Crippen LogP contribution in [0, 0.1) is 23.7 Å². The zero-order chi connectivity index (χ0) is 13.8. The van der Waals surface area contributed by atoms with Crippen LogP contribution in [0.5, 0.6) is 0 Å². The highest BCUT2D eigenvalue weighted by atomic mass is 14.3. The summed E-state index contributed by atoms with van der Waals surface area (Å²) < 4.78 is 0. The molecule has 1 aromatic carbocycles. The second-order valence-electron chi connectivity index (χ2n) is 6.94. The van der Waals surface area contributed by atoms with Crippen LogP contribution in [0.1, 0.15) is 58.1 Å². The predicted octanol–water partition coefficient (Wildman–Crippen LogP) is 5.50. The van der Waals surface area contributed by atoms with Crippen LogP contribution in [-0.2, 0) is 12.8 Å². The molecule has 3 atom stereocenters. The molecule has 0 aliphatic heterocycles. The van der Waals surface area contributed by atoms with E-state index >= 15 is 0 Å². The molecule has 0 heterocycles. The Morgan fingerprint density at radius 2 is 1.89 bits per heavy atom. The van der Waals surface area contributed by atoms with E-state index in [1.54, 1.807) is 5.56 Å². The van der Waals surface area contributed by atoms with Crippen molar-refractivity contribution in [1.29, 1.82) is 0 Å². The second kappa shape index (κ2) is 6.59. The van der Waals surface area contributed by atoms with Gasteiger partial charge in [0, 0.05) is 0 Å². The van der Waals surface area contributed by atoms with Crippen molar-refractivity contribution in [2.24, 2.45) is 23.7 Å².